The second-order valence-electron chi connectivity index (χ2n) is 4.52. The van der Waals surface area contributed by atoms with Gasteiger partial charge in [-0.25, -0.2) is 4.79 Å². The van der Waals surface area contributed by atoms with E-state index in [0.29, 0.717) is 18.0 Å². The molecule has 1 rings (SSSR count). The molecule has 0 saturated heterocycles. The highest BCUT2D eigenvalue weighted by Gasteiger charge is 2.38. The summed E-state index contributed by atoms with van der Waals surface area (Å²) in [6.45, 7) is 0.568. The Labute approximate surface area is 126 Å². The number of carboxylic acid groups (broad SMARTS) is 1. The summed E-state index contributed by atoms with van der Waals surface area (Å²) in [7, 11) is 5.60. The van der Waals surface area contributed by atoms with E-state index in [1.165, 1.54) is 0 Å². The summed E-state index contributed by atoms with van der Waals surface area (Å²) in [5.41, 5.74) is 13.3. The number of halogens is 3. The molecule has 1 atom stereocenters. The highest BCUT2D eigenvalue weighted by Crippen LogP contribution is 2.26. The average molecular weight is 323 g/mol. The van der Waals surface area contributed by atoms with E-state index in [1.54, 1.807) is 7.11 Å². The Bertz CT molecular complexity index is 493. The monoisotopic (exact) mass is 323 g/mol. The number of nitrogens with two attached hydrogens (primary N) is 2. The maximum Gasteiger partial charge on any atom is 0.490 e. The summed E-state index contributed by atoms with van der Waals surface area (Å²) < 4.78 is 36.8. The van der Waals surface area contributed by atoms with Gasteiger partial charge in [0, 0.05) is 12.6 Å². The van der Waals surface area contributed by atoms with Gasteiger partial charge in [0.25, 0.3) is 0 Å². The Balaban J connectivity index is 0.000000534. The molecule has 0 bridgehead atoms. The van der Waals surface area contributed by atoms with E-state index in [0.717, 1.165) is 5.56 Å². The number of aliphatic carboxylic acids is 1. The largest absolute Gasteiger partial charge is 0.495 e. The maximum absolute atomic E-state index is 10.6. The number of anilines is 1. The molecule has 5 N–H and O–H groups in total. The molecule has 126 valence electrons. The minimum atomic E-state index is -5.08. The molecule has 0 fully saturated rings. The Morgan fingerprint density at radius 2 is 1.91 bits per heavy atom. The predicted molar refractivity (Wildman–Crippen MR) is 76.6 cm³/mol. The molecule has 9 heteroatoms. The number of likely N-dealkylation sites (N-methyl/N-ethyl adjacent to an activating group) is 1. The first-order valence-electron chi connectivity index (χ1n) is 6.14. The van der Waals surface area contributed by atoms with Crippen molar-refractivity contribution in [1.82, 2.24) is 4.90 Å². The molecule has 1 aromatic carbocycles. The van der Waals surface area contributed by atoms with Crippen molar-refractivity contribution in [3.05, 3.63) is 23.8 Å². The van der Waals surface area contributed by atoms with Crippen LogP contribution < -0.4 is 16.2 Å². The molecule has 6 nitrogen and oxygen atoms in total. The molecule has 0 aliphatic carbocycles. The molecular formula is C13H20F3N3O3. The van der Waals surface area contributed by atoms with Crippen LogP contribution in [0.4, 0.5) is 18.9 Å². The normalized spacial score (nSPS) is 12.4. The average Bonchev–Trinajstić information content (AvgIpc) is 2.39. The number of rotatable bonds is 4. The van der Waals surface area contributed by atoms with Crippen LogP contribution in [0.15, 0.2) is 18.2 Å². The fourth-order valence-corrected chi connectivity index (χ4v) is 1.61. The molecule has 22 heavy (non-hydrogen) atoms. The Kier molecular flexibility index (Phi) is 7.68. The smallest absolute Gasteiger partial charge is 0.490 e. The number of ether oxygens (including phenoxy) is 1. The molecular weight excluding hydrogens is 303 g/mol. The van der Waals surface area contributed by atoms with E-state index in [-0.39, 0.29) is 6.04 Å². The summed E-state index contributed by atoms with van der Waals surface area (Å²) in [6, 6.07) is 5.97. The van der Waals surface area contributed by atoms with Gasteiger partial charge >= 0.3 is 12.1 Å². The molecule has 0 aliphatic rings. The first kappa shape index (κ1) is 20.0. The Hall–Kier alpha value is -2.00. The van der Waals surface area contributed by atoms with E-state index < -0.39 is 12.1 Å². The zero-order chi connectivity index (χ0) is 17.5. The quantitative estimate of drug-likeness (QED) is 0.725. The maximum atomic E-state index is 10.6. The third-order valence-electron chi connectivity index (χ3n) is 2.73. The number of hydrogen-bond donors (Lipinski definition) is 3. The minimum Gasteiger partial charge on any atom is -0.495 e. The number of nitrogens with zero attached hydrogens (tertiary/aromatic N) is 1. The van der Waals surface area contributed by atoms with Crippen LogP contribution in [0.2, 0.25) is 0 Å². The lowest BCUT2D eigenvalue weighted by Gasteiger charge is -2.23. The number of carbonyl (C=O) groups is 1. The molecule has 1 unspecified atom stereocenters. The van der Waals surface area contributed by atoms with Crippen molar-refractivity contribution < 1.29 is 27.8 Å². The number of carboxylic acids is 1. The van der Waals surface area contributed by atoms with Crippen LogP contribution in [0.3, 0.4) is 0 Å². The third-order valence-corrected chi connectivity index (χ3v) is 2.73. The van der Waals surface area contributed by atoms with Gasteiger partial charge in [-0.2, -0.15) is 13.2 Å². The summed E-state index contributed by atoms with van der Waals surface area (Å²) >= 11 is 0. The minimum absolute atomic E-state index is 0.193. The highest BCUT2D eigenvalue weighted by atomic mass is 19.4. The van der Waals surface area contributed by atoms with E-state index >= 15 is 0 Å². The number of hydrogen-bond acceptors (Lipinski definition) is 5. The van der Waals surface area contributed by atoms with Gasteiger partial charge in [-0.05, 0) is 31.8 Å². The SMILES string of the molecule is COc1ccc(C(CN)N(C)C)cc1N.O=C(O)C(F)(F)F. The summed E-state index contributed by atoms with van der Waals surface area (Å²) in [4.78, 5) is 11.0. The summed E-state index contributed by atoms with van der Waals surface area (Å²) in [5, 5.41) is 7.12. The van der Waals surface area contributed by atoms with Crippen molar-refractivity contribution in [2.24, 2.45) is 5.73 Å². The van der Waals surface area contributed by atoms with Gasteiger partial charge < -0.3 is 26.2 Å². The highest BCUT2D eigenvalue weighted by molar-refractivity contribution is 5.73. The van der Waals surface area contributed by atoms with Crippen molar-refractivity contribution in [3.63, 3.8) is 0 Å². The number of nitrogen functional groups attached to an aromatic ring is 1. The summed E-state index contributed by atoms with van der Waals surface area (Å²) in [6.07, 6.45) is -5.08. The Morgan fingerprint density at radius 3 is 2.18 bits per heavy atom. The molecule has 0 aromatic heterocycles. The first-order valence-corrected chi connectivity index (χ1v) is 6.14. The van der Waals surface area contributed by atoms with Crippen LogP contribution >= 0.6 is 0 Å². The molecule has 1 aromatic rings. The summed E-state index contributed by atoms with van der Waals surface area (Å²) in [5.74, 6) is -2.05. The van der Waals surface area contributed by atoms with Crippen LogP contribution in [0, 0.1) is 0 Å². The second-order valence-corrected chi connectivity index (χ2v) is 4.52. The van der Waals surface area contributed by atoms with Gasteiger partial charge in [0.05, 0.1) is 12.8 Å². The molecule has 0 amide bonds. The van der Waals surface area contributed by atoms with E-state index in [9.17, 15) is 13.2 Å². The molecule has 0 spiro atoms. The lowest BCUT2D eigenvalue weighted by atomic mass is 10.1. The van der Waals surface area contributed by atoms with Crippen molar-refractivity contribution in [3.8, 4) is 5.75 Å². The number of alkyl halides is 3. The van der Waals surface area contributed by atoms with E-state index in [4.69, 9.17) is 26.1 Å². The van der Waals surface area contributed by atoms with Crippen LogP contribution in [-0.2, 0) is 4.79 Å². The zero-order valence-electron chi connectivity index (χ0n) is 12.5. The van der Waals surface area contributed by atoms with Crippen molar-refractivity contribution in [2.75, 3.05) is 33.5 Å². The fraction of sp³-hybridized carbons (Fsp3) is 0.462. The lowest BCUT2D eigenvalue weighted by Crippen LogP contribution is -2.27. The van der Waals surface area contributed by atoms with Crippen LogP contribution in [0.25, 0.3) is 0 Å². The van der Waals surface area contributed by atoms with Crippen LogP contribution in [0.1, 0.15) is 11.6 Å². The number of benzene rings is 1. The molecule has 0 saturated carbocycles. The zero-order valence-corrected chi connectivity index (χ0v) is 12.5. The van der Waals surface area contributed by atoms with Gasteiger partial charge in [0.15, 0.2) is 0 Å². The van der Waals surface area contributed by atoms with Gasteiger partial charge in [-0.3, -0.25) is 0 Å². The second kappa shape index (κ2) is 8.44. The van der Waals surface area contributed by atoms with Crippen molar-refractivity contribution in [1.29, 1.82) is 0 Å². The van der Waals surface area contributed by atoms with Gasteiger partial charge in [-0.15, -0.1) is 0 Å². The topological polar surface area (TPSA) is 102 Å². The van der Waals surface area contributed by atoms with Gasteiger partial charge in [-0.1, -0.05) is 6.07 Å². The standard InChI is InChI=1S/C11H19N3O.C2HF3O2/c1-14(2)10(7-12)8-4-5-11(15-3)9(13)6-8;3-2(4,5)1(6)7/h4-6,10H,7,12-13H2,1-3H3;(H,6,7). The molecule has 0 aliphatic heterocycles. The fourth-order valence-electron chi connectivity index (χ4n) is 1.61. The van der Waals surface area contributed by atoms with E-state index in [2.05, 4.69) is 4.90 Å². The van der Waals surface area contributed by atoms with Crippen molar-refractivity contribution >= 4 is 11.7 Å². The lowest BCUT2D eigenvalue weighted by molar-refractivity contribution is -0.192. The first-order chi connectivity index (χ1) is 10.0. The third kappa shape index (κ3) is 6.19. The van der Waals surface area contributed by atoms with Gasteiger partial charge in [0.1, 0.15) is 5.75 Å². The Morgan fingerprint density at radius 1 is 1.41 bits per heavy atom. The van der Waals surface area contributed by atoms with Crippen molar-refractivity contribution in [2.45, 2.75) is 12.2 Å². The van der Waals surface area contributed by atoms with Crippen LogP contribution in [-0.4, -0.2) is 49.9 Å². The van der Waals surface area contributed by atoms with Crippen LogP contribution in [0.5, 0.6) is 5.75 Å². The number of methoxy groups -OCH3 is 1. The van der Waals surface area contributed by atoms with E-state index in [1.807, 2.05) is 32.3 Å². The molecule has 0 heterocycles. The predicted octanol–water partition coefficient (Wildman–Crippen LogP) is 1.47. The van der Waals surface area contributed by atoms with Gasteiger partial charge in [0.2, 0.25) is 0 Å². The molecule has 0 radical (unpaired) electrons.